The van der Waals surface area contributed by atoms with Crippen molar-refractivity contribution >= 4 is 28.5 Å². The molecule has 7 heteroatoms. The van der Waals surface area contributed by atoms with Gasteiger partial charge in [0.1, 0.15) is 17.3 Å². The molecule has 0 aliphatic rings. The average Bonchev–Trinajstić information content (AvgIpc) is 3.28. The fraction of sp³-hybridized carbons (Fsp3) is 0.333. The number of hydrogen-bond acceptors (Lipinski definition) is 4. The smallest absolute Gasteiger partial charge is 0.257 e. The third-order valence-electron chi connectivity index (χ3n) is 6.44. The minimum Gasteiger partial charge on any atom is -0.494 e. The van der Waals surface area contributed by atoms with Crippen molar-refractivity contribution < 1.29 is 14.3 Å². The lowest BCUT2D eigenvalue weighted by Gasteiger charge is -2.12. The summed E-state index contributed by atoms with van der Waals surface area (Å²) < 4.78 is 13.7. The highest BCUT2D eigenvalue weighted by molar-refractivity contribution is 6.30. The Hall–Kier alpha value is -3.51. The number of carbonyl (C=O) groups excluding carboxylic acids is 1. The lowest BCUT2D eigenvalue weighted by atomic mass is 9.99. The quantitative estimate of drug-likeness (QED) is 0.207. The third kappa shape index (κ3) is 7.49. The summed E-state index contributed by atoms with van der Waals surface area (Å²) in [5, 5.41) is 3.55. The van der Waals surface area contributed by atoms with Crippen LogP contribution >= 0.6 is 11.6 Å². The molecule has 3 aromatic carbocycles. The number of rotatable bonds is 13. The van der Waals surface area contributed by atoms with Crippen molar-refractivity contribution in [2.45, 2.75) is 45.6 Å². The molecule has 1 amide bonds. The Morgan fingerprint density at radius 1 is 1.00 bits per heavy atom. The summed E-state index contributed by atoms with van der Waals surface area (Å²) in [4.78, 5) is 17.1. The van der Waals surface area contributed by atoms with E-state index in [0.717, 1.165) is 42.0 Å². The van der Waals surface area contributed by atoms with Crippen LogP contribution in [0.5, 0.6) is 11.5 Å². The van der Waals surface area contributed by atoms with Crippen molar-refractivity contribution in [1.29, 1.82) is 0 Å². The van der Waals surface area contributed by atoms with Gasteiger partial charge in [0, 0.05) is 24.5 Å². The summed E-state index contributed by atoms with van der Waals surface area (Å²) in [5.41, 5.74) is 3.39. The van der Waals surface area contributed by atoms with Crippen LogP contribution in [0.4, 0.5) is 0 Å². The molecular weight excluding hydrogens is 486 g/mol. The maximum Gasteiger partial charge on any atom is 0.257 e. The Balaban J connectivity index is 1.27. The van der Waals surface area contributed by atoms with Crippen molar-refractivity contribution in [1.82, 2.24) is 14.9 Å². The molecule has 1 unspecified atom stereocenters. The first-order chi connectivity index (χ1) is 18.0. The standard InChI is InChI=1S/C30H34ClN3O3/c1-3-22(2)23-9-13-25(14-10-23)36-20-6-19-34-28-8-5-4-7-27(28)33-29(34)17-18-32-30(35)21-37-26-15-11-24(31)12-16-26/h4-5,7-16,22H,3,6,17-21H2,1-2H3,(H,32,35). The van der Waals surface area contributed by atoms with Gasteiger partial charge in [0.2, 0.25) is 0 Å². The van der Waals surface area contributed by atoms with Crippen LogP contribution in [0, 0.1) is 0 Å². The molecule has 1 N–H and O–H groups in total. The van der Waals surface area contributed by atoms with E-state index < -0.39 is 0 Å². The Bertz CT molecular complexity index is 1290. The lowest BCUT2D eigenvalue weighted by molar-refractivity contribution is -0.123. The number of aryl methyl sites for hydroxylation is 1. The van der Waals surface area contributed by atoms with Gasteiger partial charge in [-0.25, -0.2) is 4.98 Å². The highest BCUT2D eigenvalue weighted by Crippen LogP contribution is 2.22. The van der Waals surface area contributed by atoms with E-state index in [2.05, 4.69) is 54.1 Å². The number of nitrogens with zero attached hydrogens (tertiary/aromatic N) is 2. The molecule has 1 aromatic heterocycles. The van der Waals surface area contributed by atoms with Gasteiger partial charge in [-0.1, -0.05) is 49.7 Å². The van der Waals surface area contributed by atoms with Gasteiger partial charge in [-0.05, 0) is 72.9 Å². The van der Waals surface area contributed by atoms with Crippen molar-refractivity contribution in [3.63, 3.8) is 0 Å². The summed E-state index contributed by atoms with van der Waals surface area (Å²) in [6, 6.07) is 23.5. The van der Waals surface area contributed by atoms with E-state index in [1.165, 1.54) is 5.56 Å². The fourth-order valence-electron chi connectivity index (χ4n) is 4.15. The lowest BCUT2D eigenvalue weighted by Crippen LogP contribution is -2.31. The molecule has 0 saturated carbocycles. The molecule has 0 saturated heterocycles. The zero-order valence-corrected chi connectivity index (χ0v) is 22.2. The zero-order chi connectivity index (χ0) is 26.0. The maximum absolute atomic E-state index is 12.2. The summed E-state index contributed by atoms with van der Waals surface area (Å²) in [5.74, 6) is 2.83. The Morgan fingerprint density at radius 2 is 1.70 bits per heavy atom. The minimum absolute atomic E-state index is 0.0479. The number of halogens is 1. The Labute approximate surface area is 223 Å². The zero-order valence-electron chi connectivity index (χ0n) is 21.5. The number of amides is 1. The first-order valence-corrected chi connectivity index (χ1v) is 13.2. The molecule has 0 radical (unpaired) electrons. The second-order valence-electron chi connectivity index (χ2n) is 9.09. The van der Waals surface area contributed by atoms with Gasteiger partial charge in [0.15, 0.2) is 6.61 Å². The van der Waals surface area contributed by atoms with Crippen LogP contribution in [0.2, 0.25) is 5.02 Å². The van der Waals surface area contributed by atoms with Crippen molar-refractivity contribution in [3.8, 4) is 11.5 Å². The van der Waals surface area contributed by atoms with E-state index in [4.69, 9.17) is 26.1 Å². The highest BCUT2D eigenvalue weighted by atomic mass is 35.5. The number of imidazole rings is 1. The number of benzene rings is 3. The molecule has 1 atom stereocenters. The SMILES string of the molecule is CCC(C)c1ccc(OCCCn2c(CCNC(=O)COc3ccc(Cl)cc3)nc3ccccc32)cc1. The average molecular weight is 520 g/mol. The van der Waals surface area contributed by atoms with Gasteiger partial charge >= 0.3 is 0 Å². The summed E-state index contributed by atoms with van der Waals surface area (Å²) in [6.07, 6.45) is 2.60. The molecule has 37 heavy (non-hydrogen) atoms. The predicted molar refractivity (Wildman–Crippen MR) is 149 cm³/mol. The number of ether oxygens (including phenoxy) is 2. The van der Waals surface area contributed by atoms with Crippen LogP contribution in [0.3, 0.4) is 0 Å². The Morgan fingerprint density at radius 3 is 2.46 bits per heavy atom. The van der Waals surface area contributed by atoms with Gasteiger partial charge in [0.25, 0.3) is 5.91 Å². The second-order valence-corrected chi connectivity index (χ2v) is 9.53. The topological polar surface area (TPSA) is 65.4 Å². The third-order valence-corrected chi connectivity index (χ3v) is 6.70. The normalized spacial score (nSPS) is 11.9. The number of aromatic nitrogens is 2. The molecule has 0 aliphatic carbocycles. The molecule has 0 bridgehead atoms. The fourth-order valence-corrected chi connectivity index (χ4v) is 4.28. The van der Waals surface area contributed by atoms with Crippen LogP contribution in [0.15, 0.2) is 72.8 Å². The molecular formula is C30H34ClN3O3. The number of para-hydroxylation sites is 2. The number of fused-ring (bicyclic) bond motifs is 1. The van der Waals surface area contributed by atoms with Crippen molar-refractivity contribution in [3.05, 3.63) is 89.2 Å². The number of carbonyl (C=O) groups is 1. The van der Waals surface area contributed by atoms with Gasteiger partial charge in [-0.2, -0.15) is 0 Å². The highest BCUT2D eigenvalue weighted by Gasteiger charge is 2.11. The minimum atomic E-state index is -0.176. The second kappa shape index (κ2) is 13.2. The molecule has 4 rings (SSSR count). The molecule has 0 spiro atoms. The Kier molecular flexibility index (Phi) is 9.44. The van der Waals surface area contributed by atoms with E-state index in [9.17, 15) is 4.79 Å². The van der Waals surface area contributed by atoms with E-state index >= 15 is 0 Å². The van der Waals surface area contributed by atoms with E-state index in [1.807, 2.05) is 18.2 Å². The molecule has 0 aliphatic heterocycles. The predicted octanol–water partition coefficient (Wildman–Crippen LogP) is 6.41. The van der Waals surface area contributed by atoms with Gasteiger partial charge in [-0.15, -0.1) is 0 Å². The van der Waals surface area contributed by atoms with Crippen LogP contribution in [0.1, 0.15) is 44.0 Å². The summed E-state index contributed by atoms with van der Waals surface area (Å²) >= 11 is 5.88. The maximum atomic E-state index is 12.2. The number of nitrogens with one attached hydrogen (secondary N) is 1. The number of hydrogen-bond donors (Lipinski definition) is 1. The molecule has 4 aromatic rings. The van der Waals surface area contributed by atoms with Crippen molar-refractivity contribution in [2.24, 2.45) is 0 Å². The van der Waals surface area contributed by atoms with E-state index in [1.54, 1.807) is 24.3 Å². The van der Waals surface area contributed by atoms with E-state index in [0.29, 0.717) is 36.3 Å². The summed E-state index contributed by atoms with van der Waals surface area (Å²) in [7, 11) is 0. The van der Waals surface area contributed by atoms with E-state index in [-0.39, 0.29) is 12.5 Å². The molecule has 194 valence electrons. The first kappa shape index (κ1) is 26.6. The van der Waals surface area contributed by atoms with Crippen LogP contribution < -0.4 is 14.8 Å². The molecule has 1 heterocycles. The molecule has 6 nitrogen and oxygen atoms in total. The van der Waals surface area contributed by atoms with Gasteiger partial charge in [-0.3, -0.25) is 4.79 Å². The van der Waals surface area contributed by atoms with Crippen LogP contribution in [-0.2, 0) is 17.8 Å². The molecule has 0 fully saturated rings. The largest absolute Gasteiger partial charge is 0.494 e. The summed E-state index contributed by atoms with van der Waals surface area (Å²) in [6.45, 7) is 6.28. The van der Waals surface area contributed by atoms with Crippen molar-refractivity contribution in [2.75, 3.05) is 19.8 Å². The van der Waals surface area contributed by atoms with Crippen LogP contribution in [-0.4, -0.2) is 35.2 Å². The van der Waals surface area contributed by atoms with Gasteiger partial charge < -0.3 is 19.4 Å². The monoisotopic (exact) mass is 519 g/mol. The first-order valence-electron chi connectivity index (χ1n) is 12.9. The van der Waals surface area contributed by atoms with Crippen LogP contribution in [0.25, 0.3) is 11.0 Å². The van der Waals surface area contributed by atoms with Gasteiger partial charge in [0.05, 0.1) is 17.6 Å².